The van der Waals surface area contributed by atoms with Crippen molar-refractivity contribution in [1.82, 2.24) is 10.6 Å². The van der Waals surface area contributed by atoms with E-state index in [0.717, 1.165) is 25.9 Å². The molecule has 5 nitrogen and oxygen atoms in total. The zero-order valence-corrected chi connectivity index (χ0v) is 9.75. The second-order valence-corrected chi connectivity index (χ2v) is 4.59. The van der Waals surface area contributed by atoms with Crippen molar-refractivity contribution in [2.24, 2.45) is 0 Å². The monoisotopic (exact) mass is 228 g/mol. The zero-order chi connectivity index (χ0) is 11.4. The molecule has 2 N–H and O–H groups in total. The van der Waals surface area contributed by atoms with Gasteiger partial charge in [-0.3, -0.25) is 4.79 Å². The molecule has 0 saturated carbocycles. The fourth-order valence-corrected chi connectivity index (χ4v) is 2.10. The van der Waals surface area contributed by atoms with Gasteiger partial charge in [-0.2, -0.15) is 0 Å². The van der Waals surface area contributed by atoms with Crippen LogP contribution in [0.2, 0.25) is 0 Å². The first-order valence-electron chi connectivity index (χ1n) is 5.95. The van der Waals surface area contributed by atoms with Gasteiger partial charge in [0.2, 0.25) is 0 Å². The van der Waals surface area contributed by atoms with Gasteiger partial charge >= 0.3 is 0 Å². The number of nitrogens with one attached hydrogen (secondary N) is 2. The van der Waals surface area contributed by atoms with E-state index in [1.807, 2.05) is 6.92 Å². The maximum atomic E-state index is 11.9. The van der Waals surface area contributed by atoms with Crippen molar-refractivity contribution >= 4 is 5.91 Å². The summed E-state index contributed by atoms with van der Waals surface area (Å²) in [5, 5.41) is 6.14. The molecule has 2 unspecified atom stereocenters. The molecule has 92 valence electrons. The molecular weight excluding hydrogens is 208 g/mol. The van der Waals surface area contributed by atoms with E-state index in [0.29, 0.717) is 19.8 Å². The third-order valence-electron chi connectivity index (χ3n) is 3.19. The van der Waals surface area contributed by atoms with Crippen LogP contribution in [-0.4, -0.2) is 50.5 Å². The van der Waals surface area contributed by atoms with Crippen LogP contribution < -0.4 is 10.6 Å². The van der Waals surface area contributed by atoms with E-state index in [4.69, 9.17) is 9.47 Å². The van der Waals surface area contributed by atoms with E-state index in [2.05, 4.69) is 10.6 Å². The van der Waals surface area contributed by atoms with Crippen LogP contribution in [0, 0.1) is 0 Å². The molecule has 0 spiro atoms. The molecule has 1 amide bonds. The Hall–Kier alpha value is -0.650. The molecule has 0 aromatic rings. The Morgan fingerprint density at radius 2 is 2.44 bits per heavy atom. The van der Waals surface area contributed by atoms with Crippen molar-refractivity contribution in [3.05, 3.63) is 0 Å². The molecule has 2 saturated heterocycles. The Kier molecular flexibility index (Phi) is 3.78. The molecule has 2 aliphatic heterocycles. The predicted molar refractivity (Wildman–Crippen MR) is 59.2 cm³/mol. The molecule has 2 fully saturated rings. The van der Waals surface area contributed by atoms with E-state index in [1.54, 1.807) is 0 Å². The van der Waals surface area contributed by atoms with Gasteiger partial charge in [0.05, 0.1) is 12.7 Å². The Balaban J connectivity index is 1.74. The zero-order valence-electron chi connectivity index (χ0n) is 9.75. The van der Waals surface area contributed by atoms with Crippen molar-refractivity contribution in [3.63, 3.8) is 0 Å². The van der Waals surface area contributed by atoms with E-state index in [-0.39, 0.29) is 12.0 Å². The largest absolute Gasteiger partial charge is 0.374 e. The molecule has 0 radical (unpaired) electrons. The average Bonchev–Trinajstić information content (AvgIpc) is 2.76. The van der Waals surface area contributed by atoms with Crippen LogP contribution in [-0.2, 0) is 14.3 Å². The normalized spacial score (nSPS) is 34.9. The molecule has 2 atom stereocenters. The van der Waals surface area contributed by atoms with Crippen molar-refractivity contribution in [3.8, 4) is 0 Å². The average molecular weight is 228 g/mol. The van der Waals surface area contributed by atoms with Gasteiger partial charge in [-0.05, 0) is 19.8 Å². The second kappa shape index (κ2) is 5.12. The Labute approximate surface area is 95.9 Å². The molecule has 5 heteroatoms. The molecule has 2 rings (SSSR count). The van der Waals surface area contributed by atoms with Crippen molar-refractivity contribution in [1.29, 1.82) is 0 Å². The predicted octanol–water partition coefficient (Wildman–Crippen LogP) is -0.340. The minimum atomic E-state index is -0.623. The van der Waals surface area contributed by atoms with Gasteiger partial charge in [-0.25, -0.2) is 0 Å². The molecule has 2 aliphatic rings. The highest BCUT2D eigenvalue weighted by atomic mass is 16.5. The quantitative estimate of drug-likeness (QED) is 0.694. The molecule has 2 heterocycles. The topological polar surface area (TPSA) is 59.6 Å². The lowest BCUT2D eigenvalue weighted by atomic mass is 10.0. The number of carbonyl (C=O) groups excluding carboxylic acids is 1. The summed E-state index contributed by atoms with van der Waals surface area (Å²) in [6.07, 6.45) is 1.86. The third-order valence-corrected chi connectivity index (χ3v) is 3.19. The van der Waals surface area contributed by atoms with Crippen molar-refractivity contribution in [2.75, 3.05) is 32.8 Å². The fourth-order valence-electron chi connectivity index (χ4n) is 2.10. The van der Waals surface area contributed by atoms with Crippen molar-refractivity contribution < 1.29 is 14.3 Å². The first-order chi connectivity index (χ1) is 7.71. The highest BCUT2D eigenvalue weighted by molar-refractivity contribution is 5.85. The molecule has 0 aromatic carbocycles. The highest BCUT2D eigenvalue weighted by Gasteiger charge is 2.37. The minimum absolute atomic E-state index is 0.0147. The van der Waals surface area contributed by atoms with E-state index in [1.165, 1.54) is 0 Å². The van der Waals surface area contributed by atoms with Crippen LogP contribution in [0.3, 0.4) is 0 Å². The molecule has 0 bridgehead atoms. The fraction of sp³-hybridized carbons (Fsp3) is 0.909. The summed E-state index contributed by atoms with van der Waals surface area (Å²) >= 11 is 0. The van der Waals surface area contributed by atoms with Gasteiger partial charge in [-0.15, -0.1) is 0 Å². The van der Waals surface area contributed by atoms with Crippen LogP contribution in [0.1, 0.15) is 19.8 Å². The van der Waals surface area contributed by atoms with Gasteiger partial charge in [0.15, 0.2) is 0 Å². The van der Waals surface area contributed by atoms with Crippen LogP contribution >= 0.6 is 0 Å². The summed E-state index contributed by atoms with van der Waals surface area (Å²) in [6.45, 7) is 5.52. The Bertz CT molecular complexity index is 246. The number of morpholine rings is 1. The first kappa shape index (κ1) is 11.8. The van der Waals surface area contributed by atoms with Crippen LogP contribution in [0.4, 0.5) is 0 Å². The number of hydrogen-bond acceptors (Lipinski definition) is 4. The van der Waals surface area contributed by atoms with Gasteiger partial charge < -0.3 is 20.1 Å². The molecule has 16 heavy (non-hydrogen) atoms. The SMILES string of the molecule is CC1(C(=O)NCC2CNCCO2)CCCO1. The summed E-state index contributed by atoms with van der Waals surface area (Å²) in [7, 11) is 0. The smallest absolute Gasteiger partial charge is 0.252 e. The molecule has 0 aromatic heterocycles. The summed E-state index contributed by atoms with van der Waals surface area (Å²) in [4.78, 5) is 11.9. The lowest BCUT2D eigenvalue weighted by Crippen LogP contribution is -2.50. The maximum absolute atomic E-state index is 11.9. The van der Waals surface area contributed by atoms with Crippen LogP contribution in [0.5, 0.6) is 0 Å². The minimum Gasteiger partial charge on any atom is -0.374 e. The lowest BCUT2D eigenvalue weighted by Gasteiger charge is -2.26. The first-order valence-corrected chi connectivity index (χ1v) is 5.95. The Morgan fingerprint density at radius 1 is 1.56 bits per heavy atom. The lowest BCUT2D eigenvalue weighted by molar-refractivity contribution is -0.140. The van der Waals surface area contributed by atoms with Crippen molar-refractivity contribution in [2.45, 2.75) is 31.5 Å². The highest BCUT2D eigenvalue weighted by Crippen LogP contribution is 2.24. The maximum Gasteiger partial charge on any atom is 0.252 e. The summed E-state index contributed by atoms with van der Waals surface area (Å²) in [5.74, 6) is -0.0147. The molecular formula is C11H20N2O3. The van der Waals surface area contributed by atoms with E-state index in [9.17, 15) is 4.79 Å². The summed E-state index contributed by atoms with van der Waals surface area (Å²) in [5.41, 5.74) is -0.623. The number of amides is 1. The van der Waals surface area contributed by atoms with Gasteiger partial charge in [0, 0.05) is 26.2 Å². The van der Waals surface area contributed by atoms with Crippen LogP contribution in [0.25, 0.3) is 0 Å². The summed E-state index contributed by atoms with van der Waals surface area (Å²) in [6, 6.07) is 0. The van der Waals surface area contributed by atoms with E-state index >= 15 is 0 Å². The van der Waals surface area contributed by atoms with Gasteiger partial charge in [0.25, 0.3) is 5.91 Å². The number of carbonyl (C=O) groups is 1. The van der Waals surface area contributed by atoms with Crippen LogP contribution in [0.15, 0.2) is 0 Å². The third kappa shape index (κ3) is 2.72. The Morgan fingerprint density at radius 3 is 3.06 bits per heavy atom. The van der Waals surface area contributed by atoms with Gasteiger partial charge in [0.1, 0.15) is 5.60 Å². The number of ether oxygens (including phenoxy) is 2. The summed E-state index contributed by atoms with van der Waals surface area (Å²) < 4.78 is 11.0. The standard InChI is InChI=1S/C11H20N2O3/c1-11(3-2-5-16-11)10(14)13-8-9-7-12-4-6-15-9/h9,12H,2-8H2,1H3,(H,13,14). The molecule has 0 aliphatic carbocycles. The van der Waals surface area contributed by atoms with Gasteiger partial charge in [-0.1, -0.05) is 0 Å². The van der Waals surface area contributed by atoms with E-state index < -0.39 is 5.60 Å². The number of hydrogen-bond donors (Lipinski definition) is 2. The number of rotatable bonds is 3. The second-order valence-electron chi connectivity index (χ2n) is 4.59.